The van der Waals surface area contributed by atoms with Gasteiger partial charge in [-0.2, -0.15) is 0 Å². The molecule has 2 aliphatic rings. The summed E-state index contributed by atoms with van der Waals surface area (Å²) in [6, 6.07) is 7.84. The highest BCUT2D eigenvalue weighted by molar-refractivity contribution is 7.14. The molecule has 1 aromatic heterocycles. The molecular weight excluding hydrogens is 298 g/mol. The highest BCUT2D eigenvalue weighted by Crippen LogP contribution is 2.32. The van der Waals surface area contributed by atoms with Gasteiger partial charge < -0.3 is 14.8 Å². The lowest BCUT2D eigenvalue weighted by Crippen LogP contribution is -2.22. The number of carbonyl (C=O) groups is 1. The number of fused-ring (bicyclic) bond motifs is 2. The zero-order valence-electron chi connectivity index (χ0n) is 12.2. The van der Waals surface area contributed by atoms with Crippen LogP contribution in [0, 0.1) is 0 Å². The molecule has 4 rings (SSSR count). The van der Waals surface area contributed by atoms with E-state index in [0.717, 1.165) is 34.8 Å². The Balaban J connectivity index is 1.42. The van der Waals surface area contributed by atoms with Gasteiger partial charge in [0, 0.05) is 11.4 Å². The van der Waals surface area contributed by atoms with Gasteiger partial charge in [0.1, 0.15) is 13.2 Å². The van der Waals surface area contributed by atoms with Gasteiger partial charge in [-0.1, -0.05) is 6.07 Å². The van der Waals surface area contributed by atoms with Crippen molar-refractivity contribution in [2.45, 2.75) is 25.8 Å². The predicted molar refractivity (Wildman–Crippen MR) is 84.9 cm³/mol. The van der Waals surface area contributed by atoms with Crippen LogP contribution >= 0.6 is 11.3 Å². The van der Waals surface area contributed by atoms with Gasteiger partial charge in [0.2, 0.25) is 0 Å². The molecule has 114 valence electrons. The van der Waals surface area contributed by atoms with Gasteiger partial charge in [0.05, 0.1) is 4.88 Å². The van der Waals surface area contributed by atoms with E-state index in [-0.39, 0.29) is 5.91 Å². The largest absolute Gasteiger partial charge is 0.486 e. The van der Waals surface area contributed by atoms with Crippen LogP contribution in [0.2, 0.25) is 0 Å². The highest BCUT2D eigenvalue weighted by atomic mass is 32.1. The SMILES string of the molecule is O=C(NCc1ccc2c(c1)OCCO2)c1cc2c(s1)CCC2. The number of carbonyl (C=O) groups excluding carboxylic acids is 1. The molecule has 0 unspecified atom stereocenters. The number of benzene rings is 1. The fourth-order valence-electron chi connectivity index (χ4n) is 2.91. The van der Waals surface area contributed by atoms with Gasteiger partial charge in [-0.15, -0.1) is 11.3 Å². The minimum atomic E-state index is 0.00860. The van der Waals surface area contributed by atoms with Crippen LogP contribution in [0.15, 0.2) is 24.3 Å². The maximum absolute atomic E-state index is 12.3. The van der Waals surface area contributed by atoms with Crippen LogP contribution in [0.5, 0.6) is 11.5 Å². The molecule has 1 N–H and O–H groups in total. The summed E-state index contributed by atoms with van der Waals surface area (Å²) >= 11 is 1.63. The van der Waals surface area contributed by atoms with Gasteiger partial charge >= 0.3 is 0 Å². The van der Waals surface area contributed by atoms with Crippen LogP contribution in [-0.4, -0.2) is 19.1 Å². The summed E-state index contributed by atoms with van der Waals surface area (Å²) in [6.45, 7) is 1.66. The van der Waals surface area contributed by atoms with Crippen molar-refractivity contribution in [3.8, 4) is 11.5 Å². The summed E-state index contributed by atoms with van der Waals surface area (Å²) in [7, 11) is 0. The van der Waals surface area contributed by atoms with Gasteiger partial charge in [-0.3, -0.25) is 4.79 Å². The van der Waals surface area contributed by atoms with Gasteiger partial charge in [0.15, 0.2) is 11.5 Å². The van der Waals surface area contributed by atoms with E-state index in [1.165, 1.54) is 16.9 Å². The summed E-state index contributed by atoms with van der Waals surface area (Å²) < 4.78 is 11.1. The summed E-state index contributed by atoms with van der Waals surface area (Å²) in [5, 5.41) is 2.99. The second-order valence-corrected chi connectivity index (χ2v) is 6.71. The van der Waals surface area contributed by atoms with E-state index in [1.807, 2.05) is 24.3 Å². The first-order chi connectivity index (χ1) is 10.8. The Labute approximate surface area is 133 Å². The van der Waals surface area contributed by atoms with Gasteiger partial charge in [-0.25, -0.2) is 0 Å². The van der Waals surface area contributed by atoms with Crippen molar-refractivity contribution in [3.63, 3.8) is 0 Å². The summed E-state index contributed by atoms with van der Waals surface area (Å²) in [5.74, 6) is 1.54. The van der Waals surface area contributed by atoms with E-state index >= 15 is 0 Å². The molecule has 1 aromatic carbocycles. The van der Waals surface area contributed by atoms with Gasteiger partial charge in [-0.05, 0) is 48.6 Å². The molecule has 2 aromatic rings. The molecule has 0 spiro atoms. The number of hydrogen-bond donors (Lipinski definition) is 1. The van der Waals surface area contributed by atoms with Crippen molar-refractivity contribution in [2.75, 3.05) is 13.2 Å². The number of nitrogens with one attached hydrogen (secondary N) is 1. The smallest absolute Gasteiger partial charge is 0.261 e. The Hall–Kier alpha value is -2.01. The average Bonchev–Trinajstić information content (AvgIpc) is 3.14. The highest BCUT2D eigenvalue weighted by Gasteiger charge is 2.18. The fraction of sp³-hybridized carbons (Fsp3) is 0.353. The van der Waals surface area contributed by atoms with Crippen molar-refractivity contribution >= 4 is 17.2 Å². The molecule has 4 nitrogen and oxygen atoms in total. The Morgan fingerprint density at radius 1 is 1.14 bits per heavy atom. The lowest BCUT2D eigenvalue weighted by atomic mass is 10.2. The second kappa shape index (κ2) is 5.65. The monoisotopic (exact) mass is 315 g/mol. The van der Waals surface area contributed by atoms with Crippen molar-refractivity contribution in [1.82, 2.24) is 5.32 Å². The number of thiophene rings is 1. The molecule has 0 saturated heterocycles. The van der Waals surface area contributed by atoms with Gasteiger partial charge in [0.25, 0.3) is 5.91 Å². The first kappa shape index (κ1) is 13.6. The van der Waals surface area contributed by atoms with Crippen molar-refractivity contribution in [3.05, 3.63) is 45.1 Å². The lowest BCUT2D eigenvalue weighted by molar-refractivity contribution is 0.0955. The molecular formula is C17H17NO3S. The van der Waals surface area contributed by atoms with Crippen molar-refractivity contribution < 1.29 is 14.3 Å². The van der Waals surface area contributed by atoms with E-state index in [9.17, 15) is 4.79 Å². The van der Waals surface area contributed by atoms with Crippen LogP contribution in [0.4, 0.5) is 0 Å². The molecule has 1 aliphatic heterocycles. The summed E-state index contributed by atoms with van der Waals surface area (Å²) in [5.41, 5.74) is 2.37. The molecule has 0 radical (unpaired) electrons. The third-order valence-electron chi connectivity index (χ3n) is 4.03. The van der Waals surface area contributed by atoms with Crippen LogP contribution in [0.1, 0.15) is 32.1 Å². The standard InChI is InChI=1S/C17H17NO3S/c19-17(16-9-12-2-1-3-15(12)22-16)18-10-11-4-5-13-14(8-11)21-7-6-20-13/h4-5,8-9H,1-3,6-7,10H2,(H,18,19). The Kier molecular flexibility index (Phi) is 3.50. The number of amides is 1. The molecule has 22 heavy (non-hydrogen) atoms. The molecule has 5 heteroatoms. The van der Waals surface area contributed by atoms with E-state index in [1.54, 1.807) is 11.3 Å². The Morgan fingerprint density at radius 2 is 2.00 bits per heavy atom. The third kappa shape index (κ3) is 2.57. The zero-order chi connectivity index (χ0) is 14.9. The number of rotatable bonds is 3. The van der Waals surface area contributed by atoms with E-state index in [2.05, 4.69) is 5.32 Å². The normalized spacial score (nSPS) is 15.5. The fourth-order valence-corrected chi connectivity index (χ4v) is 4.08. The minimum Gasteiger partial charge on any atom is -0.486 e. The van der Waals surface area contributed by atoms with Crippen LogP contribution < -0.4 is 14.8 Å². The van der Waals surface area contributed by atoms with E-state index in [4.69, 9.17) is 9.47 Å². The average molecular weight is 315 g/mol. The lowest BCUT2D eigenvalue weighted by Gasteiger charge is -2.18. The quantitative estimate of drug-likeness (QED) is 0.947. The molecule has 1 aliphatic carbocycles. The number of aryl methyl sites for hydroxylation is 2. The first-order valence-corrected chi connectivity index (χ1v) is 8.39. The second-order valence-electron chi connectivity index (χ2n) is 5.57. The summed E-state index contributed by atoms with van der Waals surface area (Å²) in [4.78, 5) is 14.5. The number of ether oxygens (including phenoxy) is 2. The zero-order valence-corrected chi connectivity index (χ0v) is 13.0. The summed E-state index contributed by atoms with van der Waals surface area (Å²) in [6.07, 6.45) is 3.46. The molecule has 0 atom stereocenters. The van der Waals surface area contributed by atoms with Crippen LogP contribution in [0.25, 0.3) is 0 Å². The number of hydrogen-bond acceptors (Lipinski definition) is 4. The van der Waals surface area contributed by atoms with E-state index < -0.39 is 0 Å². The predicted octanol–water partition coefficient (Wildman–Crippen LogP) is 2.94. The molecule has 0 bridgehead atoms. The van der Waals surface area contributed by atoms with Crippen LogP contribution in [-0.2, 0) is 19.4 Å². The Morgan fingerprint density at radius 3 is 2.86 bits per heavy atom. The minimum absolute atomic E-state index is 0.00860. The molecule has 1 amide bonds. The van der Waals surface area contributed by atoms with Crippen molar-refractivity contribution in [2.24, 2.45) is 0 Å². The molecule has 0 saturated carbocycles. The molecule has 2 heterocycles. The first-order valence-electron chi connectivity index (χ1n) is 7.58. The maximum Gasteiger partial charge on any atom is 0.261 e. The van der Waals surface area contributed by atoms with Crippen molar-refractivity contribution in [1.29, 1.82) is 0 Å². The Bertz CT molecular complexity index is 701. The topological polar surface area (TPSA) is 47.6 Å². The van der Waals surface area contributed by atoms with E-state index in [0.29, 0.717) is 19.8 Å². The third-order valence-corrected chi connectivity index (χ3v) is 5.27. The molecule has 0 fully saturated rings. The maximum atomic E-state index is 12.3. The van der Waals surface area contributed by atoms with Crippen LogP contribution in [0.3, 0.4) is 0 Å².